The van der Waals surface area contributed by atoms with E-state index in [0.717, 1.165) is 23.9 Å². The Bertz CT molecular complexity index is 466. The monoisotopic (exact) mass is 552 g/mol. The molecule has 2 heterocycles. The highest BCUT2D eigenvalue weighted by Crippen LogP contribution is 2.45. The number of piperidine rings is 2. The third kappa shape index (κ3) is 25.2. The highest BCUT2D eigenvalue weighted by atomic mass is 15.2. The Hall–Kier alpha value is -0.275. The molecule has 2 saturated heterocycles. The van der Waals surface area contributed by atoms with Crippen molar-refractivity contribution < 1.29 is 0 Å². The minimum absolute atomic E-state index is 0. The first-order valence-electron chi connectivity index (χ1n) is 17.2. The van der Waals surface area contributed by atoms with Gasteiger partial charge in [-0.3, -0.25) is 0 Å². The summed E-state index contributed by atoms with van der Waals surface area (Å²) in [5.74, 6) is 1.60. The van der Waals surface area contributed by atoms with Crippen LogP contribution in [0.5, 0.6) is 0 Å². The second-order valence-electron chi connectivity index (χ2n) is 11.7. The summed E-state index contributed by atoms with van der Waals surface area (Å²) in [6.45, 7) is 41.7. The molecule has 39 heavy (non-hydrogen) atoms. The molecule has 0 aromatic heterocycles. The normalized spacial score (nSPS) is 18.0. The molecule has 0 aromatic carbocycles. The summed E-state index contributed by atoms with van der Waals surface area (Å²) < 4.78 is 0. The zero-order chi connectivity index (χ0) is 30.7. The summed E-state index contributed by atoms with van der Waals surface area (Å²) in [5.41, 5.74) is 2.38. The Morgan fingerprint density at radius 3 is 1.18 bits per heavy atom. The Balaban J connectivity index is -0.000000149. The standard InChI is InChI=1S/C16H29N.C8H17N.C4H10.4C2H6.B/c1-13(2)15-5-7-16(8-6-15)9-11-17(12-10-16)14(3)4;1-8(2)9-6-4-3-5-7-9;1-4(2)3;4*1-2;/h5,13-14H,6-12H2,1-4H3;8H,3-7H2,1-2H3;4H,1-3H3;4*1-2H3;. The number of likely N-dealkylation sites (tertiary alicyclic amines) is 2. The van der Waals surface area contributed by atoms with Gasteiger partial charge >= 0.3 is 0 Å². The average Bonchev–Trinajstić information content (AvgIpc) is 2.94. The number of allylic oxidation sites excluding steroid dienone is 2. The average molecular weight is 552 g/mol. The van der Waals surface area contributed by atoms with E-state index in [1.807, 2.05) is 55.4 Å². The first-order chi connectivity index (χ1) is 18.1. The minimum atomic E-state index is 0. The molecular weight excluding hydrogens is 471 g/mol. The van der Waals surface area contributed by atoms with Crippen molar-refractivity contribution in [2.24, 2.45) is 17.3 Å². The lowest BCUT2D eigenvalue weighted by Crippen LogP contribution is -2.43. The molecule has 0 unspecified atom stereocenters. The smallest absolute Gasteiger partial charge is 0.00385 e. The zero-order valence-corrected chi connectivity index (χ0v) is 30.8. The fraction of sp³-hybridized carbons (Fsp3) is 0.944. The van der Waals surface area contributed by atoms with Crippen molar-refractivity contribution in [1.82, 2.24) is 9.80 Å². The van der Waals surface area contributed by atoms with E-state index in [-0.39, 0.29) is 8.41 Å². The van der Waals surface area contributed by atoms with Crippen LogP contribution in [0.1, 0.15) is 169 Å². The number of hydrogen-bond donors (Lipinski definition) is 0. The van der Waals surface area contributed by atoms with Gasteiger partial charge in [0, 0.05) is 20.5 Å². The Morgan fingerprint density at radius 1 is 0.564 bits per heavy atom. The second-order valence-corrected chi connectivity index (χ2v) is 11.7. The van der Waals surface area contributed by atoms with Crippen LogP contribution in [0, 0.1) is 17.3 Å². The first-order valence-corrected chi connectivity index (χ1v) is 17.2. The molecule has 2 nitrogen and oxygen atoms in total. The molecule has 237 valence electrons. The molecular formula is C36H80BN2. The fourth-order valence-electron chi connectivity index (χ4n) is 4.89. The highest BCUT2D eigenvalue weighted by Gasteiger charge is 2.36. The summed E-state index contributed by atoms with van der Waals surface area (Å²) in [4.78, 5) is 5.20. The lowest BCUT2D eigenvalue weighted by Gasteiger charge is -2.45. The highest BCUT2D eigenvalue weighted by molar-refractivity contribution is 5.75. The molecule has 0 atom stereocenters. The quantitative estimate of drug-likeness (QED) is 0.254. The van der Waals surface area contributed by atoms with E-state index in [2.05, 4.69) is 78.2 Å². The van der Waals surface area contributed by atoms with Crippen LogP contribution in [0.3, 0.4) is 0 Å². The van der Waals surface area contributed by atoms with Gasteiger partial charge in [0.1, 0.15) is 0 Å². The molecule has 0 saturated carbocycles. The van der Waals surface area contributed by atoms with Crippen molar-refractivity contribution in [1.29, 1.82) is 0 Å². The molecule has 3 rings (SSSR count). The SMILES string of the molecule is CC.CC.CC.CC.CC(C)C.CC(C)C1=CCC2(CC1)CCN(C(C)C)CC2.CC(C)N1CCCCC1.[B]. The second kappa shape index (κ2) is 32.2. The number of rotatable bonds is 3. The van der Waals surface area contributed by atoms with E-state index in [9.17, 15) is 0 Å². The summed E-state index contributed by atoms with van der Waals surface area (Å²) in [6.07, 6.45) is 13.9. The Kier molecular flexibility index (Phi) is 40.1. The Morgan fingerprint density at radius 2 is 0.923 bits per heavy atom. The molecule has 2 aliphatic heterocycles. The molecule has 0 N–H and O–H groups in total. The van der Waals surface area contributed by atoms with Crippen LogP contribution in [0.2, 0.25) is 0 Å². The van der Waals surface area contributed by atoms with Crippen LogP contribution in [0.15, 0.2) is 11.6 Å². The molecule has 1 aliphatic carbocycles. The van der Waals surface area contributed by atoms with Gasteiger partial charge in [-0.25, -0.2) is 0 Å². The van der Waals surface area contributed by atoms with E-state index in [0.29, 0.717) is 5.41 Å². The lowest BCUT2D eigenvalue weighted by molar-refractivity contribution is 0.0734. The van der Waals surface area contributed by atoms with Gasteiger partial charge < -0.3 is 9.80 Å². The van der Waals surface area contributed by atoms with Crippen LogP contribution in [-0.2, 0) is 0 Å². The fourth-order valence-corrected chi connectivity index (χ4v) is 4.89. The van der Waals surface area contributed by atoms with Gasteiger partial charge in [-0.2, -0.15) is 0 Å². The third-order valence-electron chi connectivity index (χ3n) is 7.19. The minimum Gasteiger partial charge on any atom is -0.301 e. The van der Waals surface area contributed by atoms with Crippen molar-refractivity contribution in [3.63, 3.8) is 0 Å². The van der Waals surface area contributed by atoms with Crippen molar-refractivity contribution in [3.05, 3.63) is 11.6 Å². The number of hydrogen-bond acceptors (Lipinski definition) is 2. The summed E-state index contributed by atoms with van der Waals surface area (Å²) in [7, 11) is 0. The zero-order valence-electron chi connectivity index (χ0n) is 30.8. The van der Waals surface area contributed by atoms with Crippen molar-refractivity contribution in [3.8, 4) is 0 Å². The maximum Gasteiger partial charge on any atom is 0.00385 e. The van der Waals surface area contributed by atoms with E-state index >= 15 is 0 Å². The van der Waals surface area contributed by atoms with Crippen molar-refractivity contribution in [2.45, 2.75) is 181 Å². The van der Waals surface area contributed by atoms with Crippen molar-refractivity contribution in [2.75, 3.05) is 26.2 Å². The van der Waals surface area contributed by atoms with Crippen LogP contribution in [0.25, 0.3) is 0 Å². The lowest BCUT2D eigenvalue weighted by atomic mass is 9.67. The number of nitrogens with zero attached hydrogens (tertiary/aromatic N) is 2. The van der Waals surface area contributed by atoms with Crippen LogP contribution in [-0.4, -0.2) is 56.5 Å². The molecule has 0 bridgehead atoms. The van der Waals surface area contributed by atoms with E-state index in [1.165, 1.54) is 77.5 Å². The van der Waals surface area contributed by atoms with Gasteiger partial charge in [0.25, 0.3) is 0 Å². The van der Waals surface area contributed by atoms with Crippen LogP contribution in [0.4, 0.5) is 0 Å². The van der Waals surface area contributed by atoms with Gasteiger partial charge in [-0.05, 0) is 116 Å². The molecule has 3 heteroatoms. The largest absolute Gasteiger partial charge is 0.301 e. The summed E-state index contributed by atoms with van der Waals surface area (Å²) >= 11 is 0. The predicted molar refractivity (Wildman–Crippen MR) is 187 cm³/mol. The molecule has 3 radical (unpaired) electrons. The first kappa shape index (κ1) is 48.5. The third-order valence-corrected chi connectivity index (χ3v) is 7.19. The topological polar surface area (TPSA) is 6.48 Å². The van der Waals surface area contributed by atoms with Gasteiger partial charge in [-0.1, -0.05) is 108 Å². The van der Waals surface area contributed by atoms with E-state index in [1.54, 1.807) is 5.57 Å². The maximum atomic E-state index is 2.65. The van der Waals surface area contributed by atoms with Crippen LogP contribution >= 0.6 is 0 Å². The predicted octanol–water partition coefficient (Wildman–Crippen LogP) is 11.5. The van der Waals surface area contributed by atoms with Crippen molar-refractivity contribution >= 4 is 8.41 Å². The summed E-state index contributed by atoms with van der Waals surface area (Å²) in [6, 6.07) is 1.50. The van der Waals surface area contributed by atoms with Gasteiger partial charge in [-0.15, -0.1) is 0 Å². The van der Waals surface area contributed by atoms with E-state index < -0.39 is 0 Å². The van der Waals surface area contributed by atoms with Gasteiger partial charge in [0.2, 0.25) is 0 Å². The molecule has 0 amide bonds. The Labute approximate surface area is 254 Å². The molecule has 1 spiro atoms. The maximum absolute atomic E-state index is 2.65. The van der Waals surface area contributed by atoms with Gasteiger partial charge in [0.15, 0.2) is 0 Å². The van der Waals surface area contributed by atoms with Gasteiger partial charge in [0.05, 0.1) is 0 Å². The summed E-state index contributed by atoms with van der Waals surface area (Å²) in [5, 5.41) is 0. The molecule has 2 fully saturated rings. The van der Waals surface area contributed by atoms with Crippen LogP contribution < -0.4 is 0 Å². The van der Waals surface area contributed by atoms with E-state index in [4.69, 9.17) is 0 Å². The molecule has 0 aromatic rings. The molecule has 3 aliphatic rings.